The minimum atomic E-state index is -0.0501. The lowest BCUT2D eigenvalue weighted by Gasteiger charge is -2.26. The van der Waals surface area contributed by atoms with Crippen molar-refractivity contribution in [2.75, 3.05) is 40.0 Å². The number of thioether (sulfide) groups is 1. The van der Waals surface area contributed by atoms with E-state index in [4.69, 9.17) is 21.7 Å². The van der Waals surface area contributed by atoms with Gasteiger partial charge in [-0.1, -0.05) is 42.5 Å². The Morgan fingerprint density at radius 2 is 1.97 bits per heavy atom. The normalized spacial score (nSPS) is 18.8. The molecule has 0 spiro atoms. The molecule has 2 fully saturated rings. The maximum atomic E-state index is 12.7. The van der Waals surface area contributed by atoms with Crippen LogP contribution in [-0.2, 0) is 14.3 Å². The summed E-state index contributed by atoms with van der Waals surface area (Å²) >= 11 is 6.72. The first-order valence-corrected chi connectivity index (χ1v) is 11.3. The smallest absolute Gasteiger partial charge is 0.266 e. The van der Waals surface area contributed by atoms with Crippen LogP contribution in [0.25, 0.3) is 6.08 Å². The molecule has 30 heavy (non-hydrogen) atoms. The Labute approximate surface area is 186 Å². The number of hydrazine groups is 1. The van der Waals surface area contributed by atoms with E-state index in [0.717, 1.165) is 43.7 Å². The molecule has 0 aromatic heterocycles. The van der Waals surface area contributed by atoms with Crippen molar-refractivity contribution in [1.29, 1.82) is 0 Å². The SMILES string of the molecule is COc1ccc(/C=C2\SC(=S)N(CCCCCC(=O)NN3CCOCC3)C2=O)cc1. The van der Waals surface area contributed by atoms with Crippen LogP contribution in [-0.4, -0.2) is 66.0 Å². The minimum Gasteiger partial charge on any atom is -0.497 e. The quantitative estimate of drug-likeness (QED) is 0.353. The van der Waals surface area contributed by atoms with Crippen LogP contribution in [0.2, 0.25) is 0 Å². The van der Waals surface area contributed by atoms with Crippen molar-refractivity contribution in [3.05, 3.63) is 34.7 Å². The second-order valence-electron chi connectivity index (χ2n) is 7.05. The number of thiocarbonyl (C=S) groups is 1. The molecular formula is C21H27N3O4S2. The van der Waals surface area contributed by atoms with Gasteiger partial charge in [-0.25, -0.2) is 5.01 Å². The zero-order chi connectivity index (χ0) is 21.3. The predicted octanol–water partition coefficient (Wildman–Crippen LogP) is 2.82. The van der Waals surface area contributed by atoms with Crippen molar-refractivity contribution in [1.82, 2.24) is 15.3 Å². The van der Waals surface area contributed by atoms with Crippen LogP contribution < -0.4 is 10.2 Å². The van der Waals surface area contributed by atoms with Crippen molar-refractivity contribution in [3.8, 4) is 5.75 Å². The second kappa shape index (κ2) is 11.5. The monoisotopic (exact) mass is 449 g/mol. The summed E-state index contributed by atoms with van der Waals surface area (Å²) in [5, 5.41) is 1.90. The summed E-state index contributed by atoms with van der Waals surface area (Å²) in [4.78, 5) is 27.0. The highest BCUT2D eigenvalue weighted by Crippen LogP contribution is 2.33. The number of ether oxygens (including phenoxy) is 2. The molecule has 2 aliphatic rings. The first kappa shape index (κ1) is 22.7. The number of methoxy groups -OCH3 is 1. The molecule has 162 valence electrons. The van der Waals surface area contributed by atoms with Gasteiger partial charge < -0.3 is 9.47 Å². The molecule has 2 aliphatic heterocycles. The molecule has 9 heteroatoms. The van der Waals surface area contributed by atoms with E-state index in [0.29, 0.717) is 35.4 Å². The molecule has 3 rings (SSSR count). The number of carbonyl (C=O) groups excluding carboxylic acids is 2. The highest BCUT2D eigenvalue weighted by atomic mass is 32.2. The summed E-state index contributed by atoms with van der Waals surface area (Å²) in [5.41, 5.74) is 3.84. The third kappa shape index (κ3) is 6.53. The van der Waals surface area contributed by atoms with E-state index >= 15 is 0 Å². The number of carbonyl (C=O) groups is 2. The van der Waals surface area contributed by atoms with Crippen LogP contribution >= 0.6 is 24.0 Å². The van der Waals surface area contributed by atoms with E-state index in [9.17, 15) is 9.59 Å². The molecule has 0 saturated carbocycles. The van der Waals surface area contributed by atoms with Gasteiger partial charge in [-0.3, -0.25) is 19.9 Å². The molecule has 0 aliphatic carbocycles. The number of benzene rings is 1. The summed E-state index contributed by atoms with van der Waals surface area (Å²) in [6, 6.07) is 7.55. The van der Waals surface area contributed by atoms with Gasteiger partial charge in [-0.05, 0) is 36.6 Å². The number of hydrogen-bond donors (Lipinski definition) is 1. The molecule has 2 saturated heterocycles. The third-order valence-corrected chi connectivity index (χ3v) is 6.24. The van der Waals surface area contributed by atoms with Crippen LogP contribution in [0.5, 0.6) is 5.75 Å². The molecule has 7 nitrogen and oxygen atoms in total. The van der Waals surface area contributed by atoms with Crippen molar-refractivity contribution < 1.29 is 19.1 Å². The van der Waals surface area contributed by atoms with Gasteiger partial charge in [0, 0.05) is 26.1 Å². The van der Waals surface area contributed by atoms with E-state index in [1.54, 1.807) is 12.0 Å². The number of rotatable bonds is 9. The average molecular weight is 450 g/mol. The minimum absolute atomic E-state index is 0.0323. The molecule has 2 heterocycles. The van der Waals surface area contributed by atoms with Gasteiger partial charge in [0.05, 0.1) is 25.2 Å². The molecule has 0 bridgehead atoms. The number of hydrogen-bond acceptors (Lipinski definition) is 7. The third-order valence-electron chi connectivity index (χ3n) is 4.87. The molecule has 0 radical (unpaired) electrons. The number of nitrogens with zero attached hydrogens (tertiary/aromatic N) is 2. The molecule has 1 N–H and O–H groups in total. The van der Waals surface area contributed by atoms with E-state index in [1.807, 2.05) is 35.4 Å². The largest absolute Gasteiger partial charge is 0.497 e. The van der Waals surface area contributed by atoms with Crippen LogP contribution in [0.3, 0.4) is 0 Å². The lowest BCUT2D eigenvalue weighted by molar-refractivity contribution is -0.128. The van der Waals surface area contributed by atoms with Crippen molar-refractivity contribution >= 4 is 46.2 Å². The molecule has 0 atom stereocenters. The van der Waals surface area contributed by atoms with E-state index < -0.39 is 0 Å². The van der Waals surface area contributed by atoms with Crippen LogP contribution in [0.1, 0.15) is 31.2 Å². The molecule has 2 amide bonds. The first-order chi connectivity index (χ1) is 14.6. The summed E-state index contributed by atoms with van der Waals surface area (Å²) in [5.74, 6) is 0.758. The average Bonchev–Trinajstić information content (AvgIpc) is 3.02. The fourth-order valence-corrected chi connectivity index (χ4v) is 4.49. The second-order valence-corrected chi connectivity index (χ2v) is 8.73. The fraction of sp³-hybridized carbons (Fsp3) is 0.476. The van der Waals surface area contributed by atoms with Crippen LogP contribution in [0, 0.1) is 0 Å². The lowest BCUT2D eigenvalue weighted by atomic mass is 10.1. The van der Waals surface area contributed by atoms with Crippen molar-refractivity contribution in [2.24, 2.45) is 0 Å². The van der Waals surface area contributed by atoms with E-state index in [2.05, 4.69) is 5.43 Å². The molecule has 1 aromatic carbocycles. The Morgan fingerprint density at radius 3 is 2.67 bits per heavy atom. The van der Waals surface area contributed by atoms with Crippen LogP contribution in [0.15, 0.2) is 29.2 Å². The van der Waals surface area contributed by atoms with Gasteiger partial charge in [0.2, 0.25) is 5.91 Å². The molecular weight excluding hydrogens is 422 g/mol. The maximum Gasteiger partial charge on any atom is 0.266 e. The predicted molar refractivity (Wildman–Crippen MR) is 122 cm³/mol. The lowest BCUT2D eigenvalue weighted by Crippen LogP contribution is -2.48. The topological polar surface area (TPSA) is 71.1 Å². The molecule has 0 unspecified atom stereocenters. The highest BCUT2D eigenvalue weighted by Gasteiger charge is 2.31. The van der Waals surface area contributed by atoms with Gasteiger partial charge >= 0.3 is 0 Å². The summed E-state index contributed by atoms with van der Waals surface area (Å²) in [7, 11) is 1.62. The summed E-state index contributed by atoms with van der Waals surface area (Å²) < 4.78 is 11.0. The Bertz CT molecular complexity index is 792. The van der Waals surface area contributed by atoms with E-state index in [-0.39, 0.29) is 11.8 Å². The number of nitrogens with one attached hydrogen (secondary N) is 1. The fourth-order valence-electron chi connectivity index (χ4n) is 3.18. The number of unbranched alkanes of at least 4 members (excludes halogenated alkanes) is 2. The Hall–Kier alpha value is -1.94. The zero-order valence-corrected chi connectivity index (χ0v) is 18.7. The van der Waals surface area contributed by atoms with Gasteiger partial charge in [0.15, 0.2) is 0 Å². The highest BCUT2D eigenvalue weighted by molar-refractivity contribution is 8.26. The van der Waals surface area contributed by atoms with E-state index in [1.165, 1.54) is 11.8 Å². The first-order valence-electron chi connectivity index (χ1n) is 10.1. The summed E-state index contributed by atoms with van der Waals surface area (Å²) in [6.07, 6.45) is 4.80. The van der Waals surface area contributed by atoms with Crippen molar-refractivity contribution in [3.63, 3.8) is 0 Å². The van der Waals surface area contributed by atoms with Crippen molar-refractivity contribution in [2.45, 2.75) is 25.7 Å². The molecule has 1 aromatic rings. The Kier molecular flexibility index (Phi) is 8.68. The Morgan fingerprint density at radius 1 is 1.23 bits per heavy atom. The van der Waals surface area contributed by atoms with Gasteiger partial charge in [-0.15, -0.1) is 0 Å². The zero-order valence-electron chi connectivity index (χ0n) is 17.1. The van der Waals surface area contributed by atoms with Gasteiger partial charge in [-0.2, -0.15) is 0 Å². The van der Waals surface area contributed by atoms with Gasteiger partial charge in [0.25, 0.3) is 5.91 Å². The van der Waals surface area contributed by atoms with Gasteiger partial charge in [0.1, 0.15) is 10.1 Å². The van der Waals surface area contributed by atoms with Crippen LogP contribution in [0.4, 0.5) is 0 Å². The Balaban J connectivity index is 1.38. The summed E-state index contributed by atoms with van der Waals surface area (Å²) in [6.45, 7) is 3.33. The number of morpholine rings is 1. The standard InChI is InChI=1S/C21H27N3O4S2/c1-27-17-8-6-16(7-9-17)15-18-20(26)24(21(29)30-18)10-4-2-3-5-19(25)22-23-11-13-28-14-12-23/h6-9,15H,2-5,10-14H2,1H3,(H,22,25)/b18-15-. The number of amides is 2. The maximum absolute atomic E-state index is 12.7.